The Balaban J connectivity index is 1.74. The van der Waals surface area contributed by atoms with Crippen LogP contribution in [0.2, 0.25) is 0 Å². The highest BCUT2D eigenvalue weighted by Crippen LogP contribution is 2.24. The second kappa shape index (κ2) is 5.81. The van der Waals surface area contributed by atoms with E-state index in [0.29, 0.717) is 29.3 Å². The molecular weight excluding hydrogens is 268 g/mol. The second-order valence-corrected chi connectivity index (χ2v) is 6.54. The van der Waals surface area contributed by atoms with Gasteiger partial charge in [-0.05, 0) is 18.9 Å². The monoisotopic (exact) mass is 292 g/mol. The zero-order valence-electron chi connectivity index (χ0n) is 13.0. The van der Waals surface area contributed by atoms with Crippen molar-refractivity contribution in [2.75, 3.05) is 32.8 Å². The third-order valence-corrected chi connectivity index (χ3v) is 4.37. The minimum absolute atomic E-state index is 0.0855. The summed E-state index contributed by atoms with van der Waals surface area (Å²) in [4.78, 5) is 17.1. The molecule has 0 N–H and O–H groups in total. The molecule has 0 spiro atoms. The van der Waals surface area contributed by atoms with Gasteiger partial charge in [-0.3, -0.25) is 9.69 Å². The van der Waals surface area contributed by atoms with Crippen LogP contribution in [0.5, 0.6) is 0 Å². The van der Waals surface area contributed by atoms with Crippen LogP contribution >= 0.6 is 0 Å². The van der Waals surface area contributed by atoms with Crippen LogP contribution in [-0.2, 0) is 4.74 Å². The molecule has 21 heavy (non-hydrogen) atoms. The first-order valence-corrected chi connectivity index (χ1v) is 7.73. The number of fused-ring (bicyclic) bond motifs is 2. The van der Waals surface area contributed by atoms with Gasteiger partial charge in [0.05, 0.1) is 37.1 Å². The van der Waals surface area contributed by atoms with Gasteiger partial charge in [0.1, 0.15) is 5.76 Å². The number of hydrogen-bond donors (Lipinski definition) is 0. The zero-order valence-corrected chi connectivity index (χ0v) is 13.0. The predicted octanol–water partition coefficient (Wildman–Crippen LogP) is 1.77. The van der Waals surface area contributed by atoms with Gasteiger partial charge in [-0.25, -0.2) is 0 Å². The molecule has 2 aliphatic heterocycles. The lowest BCUT2D eigenvalue weighted by molar-refractivity contribution is -0.0933. The third-order valence-electron chi connectivity index (χ3n) is 4.37. The fourth-order valence-corrected chi connectivity index (χ4v) is 3.39. The van der Waals surface area contributed by atoms with E-state index in [4.69, 9.17) is 9.15 Å². The summed E-state index contributed by atoms with van der Waals surface area (Å²) in [7, 11) is 0. The molecule has 2 aliphatic rings. The molecule has 5 nitrogen and oxygen atoms in total. The van der Waals surface area contributed by atoms with Crippen LogP contribution in [0.25, 0.3) is 0 Å². The van der Waals surface area contributed by atoms with Gasteiger partial charge in [-0.1, -0.05) is 13.8 Å². The lowest BCUT2D eigenvalue weighted by atomic mass is 10.0. The summed E-state index contributed by atoms with van der Waals surface area (Å²) in [6, 6.07) is 2.40. The van der Waals surface area contributed by atoms with E-state index in [1.54, 1.807) is 12.3 Å². The van der Waals surface area contributed by atoms with Gasteiger partial charge < -0.3 is 14.1 Å². The van der Waals surface area contributed by atoms with Crippen molar-refractivity contribution in [3.05, 3.63) is 23.7 Å². The second-order valence-electron chi connectivity index (χ2n) is 6.54. The number of piperazine rings is 1. The molecule has 5 heteroatoms. The summed E-state index contributed by atoms with van der Waals surface area (Å²) in [6.07, 6.45) is 1.58. The highest BCUT2D eigenvalue weighted by molar-refractivity contribution is 5.95. The highest BCUT2D eigenvalue weighted by atomic mass is 16.5. The van der Waals surface area contributed by atoms with Crippen molar-refractivity contribution in [3.63, 3.8) is 0 Å². The van der Waals surface area contributed by atoms with Gasteiger partial charge in [0.2, 0.25) is 0 Å². The van der Waals surface area contributed by atoms with Gasteiger partial charge in [0, 0.05) is 19.6 Å². The Bertz CT molecular complexity index is 497. The molecule has 2 saturated heterocycles. The van der Waals surface area contributed by atoms with Crippen LogP contribution in [0, 0.1) is 12.8 Å². The molecule has 1 aromatic heterocycles. The minimum Gasteiger partial charge on any atom is -0.469 e. The number of furan rings is 1. The molecule has 0 unspecified atom stereocenters. The molecule has 2 atom stereocenters. The average Bonchev–Trinajstić information content (AvgIpc) is 2.83. The summed E-state index contributed by atoms with van der Waals surface area (Å²) < 4.78 is 11.0. The van der Waals surface area contributed by atoms with Gasteiger partial charge in [-0.2, -0.15) is 0 Å². The normalized spacial score (nSPS) is 26.4. The summed E-state index contributed by atoms with van der Waals surface area (Å²) >= 11 is 0. The van der Waals surface area contributed by atoms with Crippen molar-refractivity contribution < 1.29 is 13.9 Å². The van der Waals surface area contributed by atoms with E-state index < -0.39 is 0 Å². The Labute approximate surface area is 125 Å². The summed E-state index contributed by atoms with van der Waals surface area (Å²) in [5, 5.41) is 0. The summed E-state index contributed by atoms with van der Waals surface area (Å²) in [6.45, 7) is 10.3. The number of carbonyl (C=O) groups is 1. The average molecular weight is 292 g/mol. The molecular formula is C16H24N2O3. The Kier molecular flexibility index (Phi) is 4.04. The minimum atomic E-state index is 0.0855. The van der Waals surface area contributed by atoms with Crippen molar-refractivity contribution in [3.8, 4) is 0 Å². The lowest BCUT2D eigenvalue weighted by Crippen LogP contribution is -2.65. The molecule has 2 fully saturated rings. The predicted molar refractivity (Wildman–Crippen MR) is 79.3 cm³/mol. The van der Waals surface area contributed by atoms with Crippen molar-refractivity contribution >= 4 is 5.91 Å². The maximum absolute atomic E-state index is 12.6. The van der Waals surface area contributed by atoms with Crippen molar-refractivity contribution in [1.29, 1.82) is 0 Å². The molecule has 0 aromatic carbocycles. The van der Waals surface area contributed by atoms with E-state index in [9.17, 15) is 4.79 Å². The van der Waals surface area contributed by atoms with Gasteiger partial charge >= 0.3 is 0 Å². The van der Waals surface area contributed by atoms with Crippen LogP contribution in [0.1, 0.15) is 30.0 Å². The SMILES string of the molecule is Cc1occc1C(=O)N1C[C@H]2COC[C@@H](C1)N2CC(C)C. The largest absolute Gasteiger partial charge is 0.469 e. The topological polar surface area (TPSA) is 45.9 Å². The van der Waals surface area contributed by atoms with Crippen molar-refractivity contribution in [2.45, 2.75) is 32.9 Å². The lowest BCUT2D eigenvalue weighted by Gasteiger charge is -2.50. The Hall–Kier alpha value is -1.33. The van der Waals surface area contributed by atoms with Crippen LogP contribution in [-0.4, -0.2) is 60.6 Å². The molecule has 2 bridgehead atoms. The number of rotatable bonds is 3. The van der Waals surface area contributed by atoms with E-state index in [0.717, 1.165) is 32.8 Å². The quantitative estimate of drug-likeness (QED) is 0.852. The first kappa shape index (κ1) is 14.6. The summed E-state index contributed by atoms with van der Waals surface area (Å²) in [5.74, 6) is 1.42. The molecule has 0 radical (unpaired) electrons. The molecule has 1 aromatic rings. The highest BCUT2D eigenvalue weighted by Gasteiger charge is 2.40. The number of ether oxygens (including phenoxy) is 1. The summed E-state index contributed by atoms with van der Waals surface area (Å²) in [5.41, 5.74) is 0.686. The van der Waals surface area contributed by atoms with E-state index in [-0.39, 0.29) is 5.91 Å². The molecule has 1 amide bonds. The number of carbonyl (C=O) groups excluding carboxylic acids is 1. The van der Waals surface area contributed by atoms with Crippen LogP contribution in [0.4, 0.5) is 0 Å². The Morgan fingerprint density at radius 1 is 1.33 bits per heavy atom. The molecule has 3 heterocycles. The zero-order chi connectivity index (χ0) is 15.0. The van der Waals surface area contributed by atoms with Crippen LogP contribution in [0.15, 0.2) is 16.7 Å². The molecule has 0 saturated carbocycles. The number of hydrogen-bond acceptors (Lipinski definition) is 4. The standard InChI is InChI=1S/C16H24N2O3/c1-11(2)6-18-13-7-17(8-14(18)10-20-9-13)16(19)15-4-5-21-12(15)3/h4-5,11,13-14H,6-10H2,1-3H3/t13-,14+. The van der Waals surface area contributed by atoms with Crippen molar-refractivity contribution in [1.82, 2.24) is 9.80 Å². The molecule has 3 rings (SSSR count). The molecule has 116 valence electrons. The fourth-order valence-electron chi connectivity index (χ4n) is 3.39. The first-order valence-electron chi connectivity index (χ1n) is 7.73. The smallest absolute Gasteiger partial charge is 0.257 e. The number of nitrogens with zero attached hydrogens (tertiary/aromatic N) is 2. The number of amides is 1. The van der Waals surface area contributed by atoms with E-state index in [1.807, 2.05) is 11.8 Å². The number of aryl methyl sites for hydroxylation is 1. The van der Waals surface area contributed by atoms with Gasteiger partial charge in [-0.15, -0.1) is 0 Å². The molecule has 0 aliphatic carbocycles. The van der Waals surface area contributed by atoms with Gasteiger partial charge in [0.25, 0.3) is 5.91 Å². The van der Waals surface area contributed by atoms with Crippen LogP contribution < -0.4 is 0 Å². The first-order chi connectivity index (χ1) is 10.1. The van der Waals surface area contributed by atoms with E-state index >= 15 is 0 Å². The van der Waals surface area contributed by atoms with E-state index in [1.165, 1.54) is 0 Å². The fraction of sp³-hybridized carbons (Fsp3) is 0.688. The van der Waals surface area contributed by atoms with Crippen LogP contribution in [0.3, 0.4) is 0 Å². The number of morpholine rings is 1. The maximum atomic E-state index is 12.6. The van der Waals surface area contributed by atoms with Crippen molar-refractivity contribution in [2.24, 2.45) is 5.92 Å². The third kappa shape index (κ3) is 2.85. The Morgan fingerprint density at radius 2 is 2.00 bits per heavy atom. The van der Waals surface area contributed by atoms with Gasteiger partial charge in [0.15, 0.2) is 0 Å². The van der Waals surface area contributed by atoms with E-state index in [2.05, 4.69) is 18.7 Å². The Morgan fingerprint density at radius 3 is 2.52 bits per heavy atom. The maximum Gasteiger partial charge on any atom is 0.257 e.